The van der Waals surface area contributed by atoms with Crippen LogP contribution in [0.5, 0.6) is 0 Å². The zero-order valence-electron chi connectivity index (χ0n) is 12.8. The zero-order chi connectivity index (χ0) is 13.9. The van der Waals surface area contributed by atoms with Crippen molar-refractivity contribution in [1.82, 2.24) is 10.3 Å². The molecule has 1 aromatic rings. The Labute approximate surface area is 126 Å². The smallest absolute Gasteiger partial charge is 0.185 e. The number of rotatable bonds is 3. The molecular weight excluding hydrogens is 266 g/mol. The van der Waals surface area contributed by atoms with E-state index in [-0.39, 0.29) is 0 Å². The highest BCUT2D eigenvalue weighted by molar-refractivity contribution is 7.15. The van der Waals surface area contributed by atoms with Crippen LogP contribution in [-0.4, -0.2) is 24.6 Å². The Kier molecular flexibility index (Phi) is 4.61. The molecule has 0 amide bonds. The van der Waals surface area contributed by atoms with E-state index >= 15 is 0 Å². The Morgan fingerprint density at radius 1 is 1.25 bits per heavy atom. The molecule has 1 saturated heterocycles. The van der Waals surface area contributed by atoms with Crippen LogP contribution in [-0.2, 0) is 6.42 Å². The molecule has 0 radical (unpaired) electrons. The lowest BCUT2D eigenvalue weighted by Crippen LogP contribution is -2.26. The van der Waals surface area contributed by atoms with Crippen molar-refractivity contribution in [3.8, 4) is 0 Å². The molecular formula is C16H27N3S. The lowest BCUT2D eigenvalue weighted by molar-refractivity contribution is 0.465. The maximum atomic E-state index is 5.02. The van der Waals surface area contributed by atoms with Gasteiger partial charge in [-0.25, -0.2) is 4.98 Å². The van der Waals surface area contributed by atoms with E-state index in [0.717, 1.165) is 12.5 Å². The standard InChI is InChI=1S/C16H27N3S/c1-3-17-13-7-4-8-14-15(13)18-16(20-14)19-10-5-6-12(2)9-11-19/h12-13,17H,3-11H2,1-2H3. The van der Waals surface area contributed by atoms with Gasteiger partial charge in [0.25, 0.3) is 0 Å². The maximum absolute atomic E-state index is 5.02. The predicted molar refractivity (Wildman–Crippen MR) is 86.7 cm³/mol. The number of hydrogen-bond donors (Lipinski definition) is 1. The molecule has 3 rings (SSSR count). The minimum atomic E-state index is 0.500. The first-order valence-electron chi connectivity index (χ1n) is 8.26. The lowest BCUT2D eigenvalue weighted by Gasteiger charge is -2.21. The monoisotopic (exact) mass is 293 g/mol. The van der Waals surface area contributed by atoms with Crippen molar-refractivity contribution in [2.24, 2.45) is 5.92 Å². The number of nitrogens with one attached hydrogen (secondary N) is 1. The molecule has 2 atom stereocenters. The van der Waals surface area contributed by atoms with Gasteiger partial charge in [0.1, 0.15) is 0 Å². The van der Waals surface area contributed by atoms with Gasteiger partial charge in [0.05, 0.1) is 11.7 Å². The predicted octanol–water partition coefficient (Wildman–Crippen LogP) is 3.76. The van der Waals surface area contributed by atoms with E-state index in [1.807, 2.05) is 11.3 Å². The Hall–Kier alpha value is -0.610. The number of anilines is 1. The SMILES string of the molecule is CCNC1CCCc2sc(N3CCCC(C)CC3)nc21. The van der Waals surface area contributed by atoms with Gasteiger partial charge in [-0.3, -0.25) is 0 Å². The van der Waals surface area contributed by atoms with Crippen LogP contribution in [0, 0.1) is 5.92 Å². The summed E-state index contributed by atoms with van der Waals surface area (Å²) >= 11 is 1.96. The molecule has 1 fully saturated rings. The Morgan fingerprint density at radius 3 is 3.00 bits per heavy atom. The summed E-state index contributed by atoms with van der Waals surface area (Å²) in [4.78, 5) is 9.10. The molecule has 0 spiro atoms. The van der Waals surface area contributed by atoms with Crippen molar-refractivity contribution in [1.29, 1.82) is 0 Å². The molecule has 1 aliphatic heterocycles. The summed E-state index contributed by atoms with van der Waals surface area (Å²) in [5.74, 6) is 0.879. The highest BCUT2D eigenvalue weighted by Crippen LogP contribution is 2.37. The fourth-order valence-electron chi connectivity index (χ4n) is 3.44. The van der Waals surface area contributed by atoms with Gasteiger partial charge in [0.15, 0.2) is 5.13 Å². The van der Waals surface area contributed by atoms with Gasteiger partial charge in [-0.05, 0) is 51.0 Å². The van der Waals surface area contributed by atoms with Gasteiger partial charge in [0.2, 0.25) is 0 Å². The second kappa shape index (κ2) is 6.44. The fraction of sp³-hybridized carbons (Fsp3) is 0.812. The van der Waals surface area contributed by atoms with Gasteiger partial charge in [-0.1, -0.05) is 13.8 Å². The number of aromatic nitrogens is 1. The fourth-order valence-corrected chi connectivity index (χ4v) is 4.66. The molecule has 4 heteroatoms. The zero-order valence-corrected chi connectivity index (χ0v) is 13.6. The first-order chi connectivity index (χ1) is 9.78. The summed E-state index contributed by atoms with van der Waals surface area (Å²) in [5.41, 5.74) is 1.36. The second-order valence-corrected chi connectivity index (χ2v) is 7.39. The highest BCUT2D eigenvalue weighted by Gasteiger charge is 2.26. The van der Waals surface area contributed by atoms with E-state index in [9.17, 15) is 0 Å². The van der Waals surface area contributed by atoms with Crippen molar-refractivity contribution >= 4 is 16.5 Å². The quantitative estimate of drug-likeness (QED) is 0.920. The summed E-state index contributed by atoms with van der Waals surface area (Å²) in [6.07, 6.45) is 7.81. The number of aryl methyl sites for hydroxylation is 1. The van der Waals surface area contributed by atoms with Crippen LogP contribution in [0.3, 0.4) is 0 Å². The molecule has 1 aliphatic carbocycles. The third kappa shape index (κ3) is 3.01. The normalized spacial score (nSPS) is 27.2. The van der Waals surface area contributed by atoms with Crippen molar-refractivity contribution in [2.45, 2.75) is 58.4 Å². The summed E-state index contributed by atoms with van der Waals surface area (Å²) in [7, 11) is 0. The molecule has 2 heterocycles. The number of thiazole rings is 1. The lowest BCUT2D eigenvalue weighted by atomic mass is 9.98. The number of hydrogen-bond acceptors (Lipinski definition) is 4. The third-order valence-corrected chi connectivity index (χ3v) is 5.87. The minimum Gasteiger partial charge on any atom is -0.348 e. The van der Waals surface area contributed by atoms with E-state index < -0.39 is 0 Å². The third-order valence-electron chi connectivity index (χ3n) is 4.68. The summed E-state index contributed by atoms with van der Waals surface area (Å²) < 4.78 is 0. The molecule has 112 valence electrons. The van der Waals surface area contributed by atoms with Crippen LogP contribution in [0.2, 0.25) is 0 Å². The van der Waals surface area contributed by atoms with E-state index in [2.05, 4.69) is 24.1 Å². The second-order valence-electron chi connectivity index (χ2n) is 6.33. The van der Waals surface area contributed by atoms with E-state index in [1.165, 1.54) is 67.3 Å². The van der Waals surface area contributed by atoms with Crippen molar-refractivity contribution < 1.29 is 0 Å². The largest absolute Gasteiger partial charge is 0.348 e. The molecule has 20 heavy (non-hydrogen) atoms. The van der Waals surface area contributed by atoms with Crippen LogP contribution in [0.4, 0.5) is 5.13 Å². The minimum absolute atomic E-state index is 0.500. The van der Waals surface area contributed by atoms with Crippen molar-refractivity contribution in [3.63, 3.8) is 0 Å². The van der Waals surface area contributed by atoms with Gasteiger partial charge in [0, 0.05) is 18.0 Å². The molecule has 1 N–H and O–H groups in total. The van der Waals surface area contributed by atoms with Crippen LogP contribution in [0.1, 0.15) is 62.6 Å². The van der Waals surface area contributed by atoms with Crippen LogP contribution in [0.25, 0.3) is 0 Å². The average Bonchev–Trinajstić information content (AvgIpc) is 2.76. The summed E-state index contributed by atoms with van der Waals surface area (Å²) in [6.45, 7) is 8.01. The summed E-state index contributed by atoms with van der Waals surface area (Å²) in [6, 6.07) is 0.500. The maximum Gasteiger partial charge on any atom is 0.185 e. The van der Waals surface area contributed by atoms with E-state index in [4.69, 9.17) is 4.98 Å². The molecule has 1 aromatic heterocycles. The topological polar surface area (TPSA) is 28.2 Å². The van der Waals surface area contributed by atoms with E-state index in [0.29, 0.717) is 6.04 Å². The van der Waals surface area contributed by atoms with Gasteiger partial charge < -0.3 is 10.2 Å². The van der Waals surface area contributed by atoms with Gasteiger partial charge >= 0.3 is 0 Å². The number of fused-ring (bicyclic) bond motifs is 1. The summed E-state index contributed by atoms with van der Waals surface area (Å²) in [5, 5.41) is 4.89. The van der Waals surface area contributed by atoms with Gasteiger partial charge in [-0.15, -0.1) is 11.3 Å². The van der Waals surface area contributed by atoms with E-state index in [1.54, 1.807) is 0 Å². The molecule has 0 saturated carbocycles. The number of nitrogens with zero attached hydrogens (tertiary/aromatic N) is 2. The first kappa shape index (κ1) is 14.3. The van der Waals surface area contributed by atoms with Crippen LogP contribution in [0.15, 0.2) is 0 Å². The van der Waals surface area contributed by atoms with Crippen LogP contribution >= 0.6 is 11.3 Å². The van der Waals surface area contributed by atoms with Crippen molar-refractivity contribution in [2.75, 3.05) is 24.5 Å². The first-order valence-corrected chi connectivity index (χ1v) is 9.07. The Morgan fingerprint density at radius 2 is 2.15 bits per heavy atom. The Balaban J connectivity index is 1.78. The molecule has 0 bridgehead atoms. The van der Waals surface area contributed by atoms with Crippen LogP contribution < -0.4 is 10.2 Å². The van der Waals surface area contributed by atoms with Gasteiger partial charge in [-0.2, -0.15) is 0 Å². The molecule has 2 unspecified atom stereocenters. The molecule has 3 nitrogen and oxygen atoms in total. The molecule has 0 aromatic carbocycles. The molecule has 2 aliphatic rings. The highest BCUT2D eigenvalue weighted by atomic mass is 32.1. The van der Waals surface area contributed by atoms with Crippen molar-refractivity contribution in [3.05, 3.63) is 10.6 Å². The average molecular weight is 293 g/mol. The Bertz CT molecular complexity index is 443.